The number of rotatable bonds is 1. The number of hydrogen-bond acceptors (Lipinski definition) is 3. The zero-order valence-electron chi connectivity index (χ0n) is 7.31. The molecule has 0 radical (unpaired) electrons. The molecule has 14 heavy (non-hydrogen) atoms. The van der Waals surface area contributed by atoms with Crippen molar-refractivity contribution in [2.24, 2.45) is 0 Å². The first kappa shape index (κ1) is 9.39. The molecule has 2 rings (SSSR count). The van der Waals surface area contributed by atoms with Gasteiger partial charge in [0.25, 0.3) is 0 Å². The molecule has 2 aromatic heterocycles. The minimum atomic E-state index is 0.540. The Bertz CT molecular complexity index is 442. The number of anilines is 1. The van der Waals surface area contributed by atoms with E-state index in [4.69, 9.17) is 5.73 Å². The van der Waals surface area contributed by atoms with Crippen LogP contribution in [0, 0.1) is 3.57 Å². The van der Waals surface area contributed by atoms with Crippen molar-refractivity contribution in [3.05, 3.63) is 40.4 Å². The summed E-state index contributed by atoms with van der Waals surface area (Å²) in [5, 5.41) is 0. The number of nitrogens with zero attached hydrogens (tertiary/aromatic N) is 2. The zero-order valence-corrected chi connectivity index (χ0v) is 9.47. The van der Waals surface area contributed by atoms with Crippen molar-refractivity contribution in [3.63, 3.8) is 0 Å². The Morgan fingerprint density at radius 3 is 2.86 bits per heavy atom. The number of halogens is 1. The lowest BCUT2D eigenvalue weighted by Crippen LogP contribution is -1.94. The Morgan fingerprint density at radius 1 is 1.29 bits per heavy atom. The number of aromatic nitrogens is 2. The van der Waals surface area contributed by atoms with E-state index in [2.05, 4.69) is 32.6 Å². The van der Waals surface area contributed by atoms with Crippen LogP contribution in [0.2, 0.25) is 0 Å². The minimum absolute atomic E-state index is 0.540. The third-order valence-corrected chi connectivity index (χ3v) is 2.45. The van der Waals surface area contributed by atoms with Crippen LogP contribution in [0.4, 0.5) is 5.82 Å². The SMILES string of the molecule is Nc1ncc(I)cc1-c1cccnc1. The molecule has 0 spiro atoms. The Kier molecular flexibility index (Phi) is 2.62. The molecule has 0 aliphatic rings. The second-order valence-electron chi connectivity index (χ2n) is 2.83. The van der Waals surface area contributed by atoms with Gasteiger partial charge in [-0.25, -0.2) is 4.98 Å². The van der Waals surface area contributed by atoms with E-state index in [0.29, 0.717) is 5.82 Å². The Balaban J connectivity index is 2.57. The van der Waals surface area contributed by atoms with E-state index >= 15 is 0 Å². The van der Waals surface area contributed by atoms with Crippen LogP contribution in [-0.2, 0) is 0 Å². The first-order valence-electron chi connectivity index (χ1n) is 4.09. The summed E-state index contributed by atoms with van der Waals surface area (Å²) in [6, 6.07) is 5.85. The molecule has 0 unspecified atom stereocenters. The minimum Gasteiger partial charge on any atom is -0.383 e. The van der Waals surface area contributed by atoms with Crippen LogP contribution in [0.15, 0.2) is 36.8 Å². The highest BCUT2D eigenvalue weighted by Gasteiger charge is 2.03. The van der Waals surface area contributed by atoms with Crippen LogP contribution in [-0.4, -0.2) is 9.97 Å². The van der Waals surface area contributed by atoms with E-state index in [1.807, 2.05) is 18.2 Å². The van der Waals surface area contributed by atoms with Crippen molar-refractivity contribution in [2.45, 2.75) is 0 Å². The van der Waals surface area contributed by atoms with Crippen LogP contribution in [0.1, 0.15) is 0 Å². The van der Waals surface area contributed by atoms with E-state index in [1.54, 1.807) is 18.6 Å². The molecule has 3 nitrogen and oxygen atoms in total. The quantitative estimate of drug-likeness (QED) is 0.822. The smallest absolute Gasteiger partial charge is 0.131 e. The van der Waals surface area contributed by atoms with Crippen LogP contribution in [0.25, 0.3) is 11.1 Å². The molecule has 0 bridgehead atoms. The Hall–Kier alpha value is -1.17. The number of nitrogens with two attached hydrogens (primary N) is 1. The summed E-state index contributed by atoms with van der Waals surface area (Å²) in [6.07, 6.45) is 5.26. The molecular formula is C10H8IN3. The van der Waals surface area contributed by atoms with E-state index < -0.39 is 0 Å². The summed E-state index contributed by atoms with van der Waals surface area (Å²) >= 11 is 2.21. The average molecular weight is 297 g/mol. The Labute approximate surface area is 95.5 Å². The maximum absolute atomic E-state index is 5.78. The van der Waals surface area contributed by atoms with Crippen molar-refractivity contribution >= 4 is 28.4 Å². The zero-order chi connectivity index (χ0) is 9.97. The first-order valence-corrected chi connectivity index (χ1v) is 5.16. The number of hydrogen-bond donors (Lipinski definition) is 1. The molecule has 0 saturated carbocycles. The lowest BCUT2D eigenvalue weighted by atomic mass is 10.1. The molecule has 2 N–H and O–H groups in total. The van der Waals surface area contributed by atoms with E-state index in [0.717, 1.165) is 14.7 Å². The summed E-state index contributed by atoms with van der Waals surface area (Å²) in [5.74, 6) is 0.540. The van der Waals surface area contributed by atoms with Gasteiger partial charge < -0.3 is 5.73 Å². The molecule has 4 heteroatoms. The summed E-state index contributed by atoms with van der Waals surface area (Å²) in [6.45, 7) is 0. The second kappa shape index (κ2) is 3.91. The summed E-state index contributed by atoms with van der Waals surface area (Å²) in [7, 11) is 0. The highest BCUT2D eigenvalue weighted by atomic mass is 127. The van der Waals surface area contributed by atoms with Gasteiger partial charge in [-0.2, -0.15) is 0 Å². The molecule has 0 aliphatic carbocycles. The van der Waals surface area contributed by atoms with Gasteiger partial charge in [-0.1, -0.05) is 6.07 Å². The molecule has 2 aromatic rings. The standard InChI is InChI=1S/C10H8IN3/c11-8-4-9(10(12)14-6-8)7-2-1-3-13-5-7/h1-6H,(H2,12,14). The lowest BCUT2D eigenvalue weighted by molar-refractivity contribution is 1.29. The largest absolute Gasteiger partial charge is 0.383 e. The van der Waals surface area contributed by atoms with Gasteiger partial charge >= 0.3 is 0 Å². The number of nitrogen functional groups attached to an aromatic ring is 1. The van der Waals surface area contributed by atoms with E-state index in [9.17, 15) is 0 Å². The molecule has 0 aromatic carbocycles. The van der Waals surface area contributed by atoms with Crippen molar-refractivity contribution in [2.75, 3.05) is 5.73 Å². The fraction of sp³-hybridized carbons (Fsp3) is 0. The van der Waals surface area contributed by atoms with Crippen LogP contribution >= 0.6 is 22.6 Å². The van der Waals surface area contributed by atoms with Crippen molar-refractivity contribution in [3.8, 4) is 11.1 Å². The molecule has 0 saturated heterocycles. The molecule has 0 amide bonds. The first-order chi connectivity index (χ1) is 6.77. The molecular weight excluding hydrogens is 289 g/mol. The third-order valence-electron chi connectivity index (χ3n) is 1.86. The Morgan fingerprint density at radius 2 is 2.14 bits per heavy atom. The highest BCUT2D eigenvalue weighted by molar-refractivity contribution is 14.1. The lowest BCUT2D eigenvalue weighted by Gasteiger charge is -2.04. The molecule has 0 fully saturated rings. The molecule has 2 heterocycles. The molecule has 0 aliphatic heterocycles. The van der Waals surface area contributed by atoms with Crippen LogP contribution < -0.4 is 5.73 Å². The van der Waals surface area contributed by atoms with Gasteiger partial charge in [0, 0.05) is 33.3 Å². The summed E-state index contributed by atoms with van der Waals surface area (Å²) < 4.78 is 1.07. The summed E-state index contributed by atoms with van der Waals surface area (Å²) in [5.41, 5.74) is 7.71. The predicted octanol–water partition coefficient (Wildman–Crippen LogP) is 2.33. The monoisotopic (exact) mass is 297 g/mol. The van der Waals surface area contributed by atoms with Gasteiger partial charge in [-0.05, 0) is 34.7 Å². The normalized spacial score (nSPS) is 10.1. The van der Waals surface area contributed by atoms with Gasteiger partial charge in [0.1, 0.15) is 5.82 Å². The van der Waals surface area contributed by atoms with Crippen molar-refractivity contribution in [1.29, 1.82) is 0 Å². The third kappa shape index (κ3) is 1.84. The van der Waals surface area contributed by atoms with Gasteiger partial charge in [-0.15, -0.1) is 0 Å². The maximum Gasteiger partial charge on any atom is 0.131 e. The van der Waals surface area contributed by atoms with Crippen LogP contribution in [0.3, 0.4) is 0 Å². The number of pyridine rings is 2. The fourth-order valence-electron chi connectivity index (χ4n) is 1.20. The molecule has 70 valence electrons. The average Bonchev–Trinajstić information content (AvgIpc) is 2.23. The summed E-state index contributed by atoms with van der Waals surface area (Å²) in [4.78, 5) is 8.14. The van der Waals surface area contributed by atoms with E-state index in [-0.39, 0.29) is 0 Å². The topological polar surface area (TPSA) is 51.8 Å². The molecule has 0 atom stereocenters. The second-order valence-corrected chi connectivity index (χ2v) is 4.07. The van der Waals surface area contributed by atoms with Gasteiger partial charge in [-0.3, -0.25) is 4.98 Å². The predicted molar refractivity (Wildman–Crippen MR) is 64.6 cm³/mol. The fourth-order valence-corrected chi connectivity index (χ4v) is 1.65. The van der Waals surface area contributed by atoms with Crippen molar-refractivity contribution < 1.29 is 0 Å². The maximum atomic E-state index is 5.78. The van der Waals surface area contributed by atoms with Gasteiger partial charge in [0.15, 0.2) is 0 Å². The van der Waals surface area contributed by atoms with Gasteiger partial charge in [0.05, 0.1) is 0 Å². The van der Waals surface area contributed by atoms with Crippen molar-refractivity contribution in [1.82, 2.24) is 9.97 Å². The van der Waals surface area contributed by atoms with Crippen LogP contribution in [0.5, 0.6) is 0 Å². The van der Waals surface area contributed by atoms with Gasteiger partial charge in [0.2, 0.25) is 0 Å². The van der Waals surface area contributed by atoms with E-state index in [1.165, 1.54) is 0 Å². The highest BCUT2D eigenvalue weighted by Crippen LogP contribution is 2.24.